The highest BCUT2D eigenvalue weighted by Crippen LogP contribution is 2.38. The molecule has 0 aromatic rings. The number of fused-ring (bicyclic) bond motifs is 1. The lowest BCUT2D eigenvalue weighted by atomic mass is 10.0. The monoisotopic (exact) mass is 228 g/mol. The van der Waals surface area contributed by atoms with Crippen molar-refractivity contribution < 1.29 is 9.84 Å². The second-order valence-electron chi connectivity index (χ2n) is 6.26. The molecule has 0 spiro atoms. The van der Waals surface area contributed by atoms with Gasteiger partial charge in [-0.1, -0.05) is 0 Å². The van der Waals surface area contributed by atoms with E-state index in [9.17, 15) is 5.11 Å². The maximum absolute atomic E-state index is 9.98. The summed E-state index contributed by atoms with van der Waals surface area (Å²) in [6, 6.07) is 0.373. The highest BCUT2D eigenvalue weighted by molar-refractivity contribution is 4.93. The summed E-state index contributed by atoms with van der Waals surface area (Å²) in [4.78, 5) is 2.03. The molecule has 1 aliphatic carbocycles. The van der Waals surface area contributed by atoms with Crippen molar-refractivity contribution >= 4 is 0 Å². The van der Waals surface area contributed by atoms with Gasteiger partial charge >= 0.3 is 0 Å². The van der Waals surface area contributed by atoms with Crippen LogP contribution in [0.5, 0.6) is 0 Å². The average molecular weight is 228 g/mol. The SMILES string of the molecule is CC(C)(C)OC(O)N1C[C@H]2CC(N)C[C@H]2C1. The normalized spacial score (nSPS) is 37.7. The first kappa shape index (κ1) is 12.3. The molecule has 0 aromatic carbocycles. The molecule has 3 N–H and O–H groups in total. The summed E-state index contributed by atoms with van der Waals surface area (Å²) in [5.74, 6) is 1.32. The number of nitrogens with zero attached hydrogens (tertiary/aromatic N) is 1. The van der Waals surface area contributed by atoms with Gasteiger partial charge in [-0.05, 0) is 45.4 Å². The third-order valence-electron chi connectivity index (χ3n) is 3.59. The summed E-state index contributed by atoms with van der Waals surface area (Å²) in [5.41, 5.74) is 5.64. The van der Waals surface area contributed by atoms with Crippen molar-refractivity contribution in [3.05, 3.63) is 0 Å². The average Bonchev–Trinajstić information content (AvgIpc) is 2.56. The minimum Gasteiger partial charge on any atom is -0.356 e. The van der Waals surface area contributed by atoms with Crippen molar-refractivity contribution in [1.29, 1.82) is 0 Å². The molecule has 1 saturated heterocycles. The highest BCUT2D eigenvalue weighted by Gasteiger charge is 2.42. The van der Waals surface area contributed by atoms with E-state index >= 15 is 0 Å². The molecule has 94 valence electrons. The Kier molecular flexibility index (Phi) is 3.27. The van der Waals surface area contributed by atoms with Gasteiger partial charge < -0.3 is 15.6 Å². The number of rotatable bonds is 2. The van der Waals surface area contributed by atoms with Crippen LogP contribution in [0, 0.1) is 11.8 Å². The number of likely N-dealkylation sites (tertiary alicyclic amines) is 1. The van der Waals surface area contributed by atoms with Gasteiger partial charge in [0.05, 0.1) is 5.60 Å². The molecule has 16 heavy (non-hydrogen) atoms. The van der Waals surface area contributed by atoms with Crippen molar-refractivity contribution in [1.82, 2.24) is 4.90 Å². The van der Waals surface area contributed by atoms with E-state index in [4.69, 9.17) is 10.5 Å². The third-order valence-corrected chi connectivity index (χ3v) is 3.59. The fraction of sp³-hybridized carbons (Fsp3) is 1.00. The first-order chi connectivity index (χ1) is 7.35. The Morgan fingerprint density at radius 3 is 2.19 bits per heavy atom. The van der Waals surface area contributed by atoms with Crippen molar-refractivity contribution in [2.75, 3.05) is 13.1 Å². The molecule has 2 rings (SSSR count). The van der Waals surface area contributed by atoms with Crippen LogP contribution in [-0.2, 0) is 4.74 Å². The van der Waals surface area contributed by atoms with Crippen LogP contribution < -0.4 is 5.73 Å². The number of hydrogen-bond acceptors (Lipinski definition) is 4. The standard InChI is InChI=1S/C12H24N2O2/c1-12(2,3)16-11(15)14-6-8-4-10(13)5-9(8)7-14/h8-11,15H,4-7,13H2,1-3H3/t8-,9+,10?,11?. The largest absolute Gasteiger partial charge is 0.356 e. The predicted octanol–water partition coefficient (Wildman–Crippen LogP) is 0.747. The number of aliphatic hydroxyl groups excluding tert-OH is 1. The molecule has 0 amide bonds. The van der Waals surface area contributed by atoms with Crippen LogP contribution in [0.3, 0.4) is 0 Å². The summed E-state index contributed by atoms with van der Waals surface area (Å²) in [7, 11) is 0. The Morgan fingerprint density at radius 1 is 1.25 bits per heavy atom. The van der Waals surface area contributed by atoms with Crippen molar-refractivity contribution in [2.24, 2.45) is 17.6 Å². The van der Waals surface area contributed by atoms with E-state index < -0.39 is 6.41 Å². The summed E-state index contributed by atoms with van der Waals surface area (Å²) < 4.78 is 5.56. The maximum Gasteiger partial charge on any atom is 0.216 e. The lowest BCUT2D eigenvalue weighted by Crippen LogP contribution is -2.41. The zero-order valence-electron chi connectivity index (χ0n) is 10.5. The van der Waals surface area contributed by atoms with Crippen molar-refractivity contribution in [3.63, 3.8) is 0 Å². The van der Waals surface area contributed by atoms with Crippen LogP contribution in [0.2, 0.25) is 0 Å². The van der Waals surface area contributed by atoms with Gasteiger partial charge in [0.25, 0.3) is 0 Å². The quantitative estimate of drug-likeness (QED) is 0.685. The molecule has 1 saturated carbocycles. The maximum atomic E-state index is 9.98. The van der Waals surface area contributed by atoms with E-state index in [2.05, 4.69) is 0 Å². The Balaban J connectivity index is 1.86. The van der Waals surface area contributed by atoms with Crippen LogP contribution in [0.15, 0.2) is 0 Å². The van der Waals surface area contributed by atoms with Gasteiger partial charge in [0.1, 0.15) is 0 Å². The molecule has 0 bridgehead atoms. The summed E-state index contributed by atoms with van der Waals surface area (Å²) >= 11 is 0. The molecule has 2 unspecified atom stereocenters. The highest BCUT2D eigenvalue weighted by atomic mass is 16.6. The van der Waals surface area contributed by atoms with Gasteiger partial charge in [-0.2, -0.15) is 0 Å². The number of ether oxygens (including phenoxy) is 1. The van der Waals surface area contributed by atoms with Gasteiger partial charge in [0.15, 0.2) is 0 Å². The Labute approximate surface area is 97.7 Å². The van der Waals surface area contributed by atoms with Crippen LogP contribution in [-0.4, -0.2) is 41.2 Å². The topological polar surface area (TPSA) is 58.7 Å². The number of hydrogen-bond donors (Lipinski definition) is 2. The Bertz CT molecular complexity index is 238. The van der Waals surface area contributed by atoms with E-state index in [1.54, 1.807) is 0 Å². The Hall–Kier alpha value is -0.160. The smallest absolute Gasteiger partial charge is 0.216 e. The number of aliphatic hydroxyl groups is 1. The van der Waals surface area contributed by atoms with Gasteiger partial charge in [0, 0.05) is 19.1 Å². The lowest BCUT2D eigenvalue weighted by molar-refractivity contribution is -0.235. The predicted molar refractivity (Wildman–Crippen MR) is 62.6 cm³/mol. The second-order valence-corrected chi connectivity index (χ2v) is 6.26. The molecule has 1 aliphatic heterocycles. The minimum absolute atomic E-state index is 0.298. The third kappa shape index (κ3) is 2.74. The minimum atomic E-state index is -0.762. The lowest BCUT2D eigenvalue weighted by Gasteiger charge is -2.30. The van der Waals surface area contributed by atoms with E-state index in [0.29, 0.717) is 17.9 Å². The van der Waals surface area contributed by atoms with Gasteiger partial charge in [-0.3, -0.25) is 4.90 Å². The molecular formula is C12H24N2O2. The molecule has 4 atom stereocenters. The van der Waals surface area contributed by atoms with Gasteiger partial charge in [-0.25, -0.2) is 0 Å². The van der Waals surface area contributed by atoms with Crippen LogP contribution >= 0.6 is 0 Å². The van der Waals surface area contributed by atoms with E-state index in [0.717, 1.165) is 25.9 Å². The molecular weight excluding hydrogens is 204 g/mol. The van der Waals surface area contributed by atoms with Crippen LogP contribution in [0.25, 0.3) is 0 Å². The summed E-state index contributed by atoms with van der Waals surface area (Å²) in [5, 5.41) is 9.98. The fourth-order valence-electron chi connectivity index (χ4n) is 2.95. The molecule has 0 radical (unpaired) electrons. The van der Waals surface area contributed by atoms with E-state index in [-0.39, 0.29) is 5.60 Å². The van der Waals surface area contributed by atoms with Gasteiger partial charge in [-0.15, -0.1) is 0 Å². The molecule has 0 aromatic heterocycles. The fourth-order valence-corrected chi connectivity index (χ4v) is 2.95. The number of nitrogens with two attached hydrogens (primary N) is 1. The Morgan fingerprint density at radius 2 is 1.75 bits per heavy atom. The van der Waals surface area contributed by atoms with Crippen LogP contribution in [0.1, 0.15) is 33.6 Å². The summed E-state index contributed by atoms with van der Waals surface area (Å²) in [6.07, 6.45) is 1.44. The molecule has 4 nitrogen and oxygen atoms in total. The zero-order chi connectivity index (χ0) is 11.9. The van der Waals surface area contributed by atoms with Crippen LogP contribution in [0.4, 0.5) is 0 Å². The molecule has 2 fully saturated rings. The first-order valence-corrected chi connectivity index (χ1v) is 6.20. The second kappa shape index (κ2) is 4.26. The van der Waals surface area contributed by atoms with E-state index in [1.165, 1.54) is 0 Å². The summed E-state index contributed by atoms with van der Waals surface area (Å²) in [6.45, 7) is 7.74. The van der Waals surface area contributed by atoms with Gasteiger partial charge in [0.2, 0.25) is 6.41 Å². The van der Waals surface area contributed by atoms with Crippen molar-refractivity contribution in [3.8, 4) is 0 Å². The molecule has 4 heteroatoms. The molecule has 1 heterocycles. The first-order valence-electron chi connectivity index (χ1n) is 6.20. The van der Waals surface area contributed by atoms with E-state index in [1.807, 2.05) is 25.7 Å². The van der Waals surface area contributed by atoms with Crippen molar-refractivity contribution in [2.45, 2.75) is 51.7 Å². The molecule has 2 aliphatic rings. The zero-order valence-corrected chi connectivity index (χ0v) is 10.5.